The molecule has 1 heterocycles. The van der Waals surface area contributed by atoms with Gasteiger partial charge in [-0.3, -0.25) is 4.79 Å². The molecule has 1 atom stereocenters. The van der Waals surface area contributed by atoms with Crippen molar-refractivity contribution in [1.82, 2.24) is 5.43 Å². The van der Waals surface area contributed by atoms with Crippen molar-refractivity contribution in [3.8, 4) is 5.75 Å². The molecule has 1 amide bonds. The maximum atomic E-state index is 12.3. The van der Waals surface area contributed by atoms with Crippen molar-refractivity contribution < 1.29 is 13.9 Å². The van der Waals surface area contributed by atoms with Gasteiger partial charge in [0, 0.05) is 23.1 Å². The number of hydrogen-bond donors (Lipinski definition) is 1. The first kappa shape index (κ1) is 21.9. The first-order chi connectivity index (χ1) is 14.4. The molecule has 0 aliphatic carbocycles. The highest BCUT2D eigenvalue weighted by molar-refractivity contribution is 6.38. The smallest absolute Gasteiger partial charge is 0.336 e. The molecule has 8 heteroatoms. The first-order valence-electron chi connectivity index (χ1n) is 9.39. The molecule has 3 aromatic rings. The number of hydrazone groups is 1. The Morgan fingerprint density at radius 2 is 1.97 bits per heavy atom. The van der Waals surface area contributed by atoms with E-state index in [2.05, 4.69) is 10.5 Å². The van der Waals surface area contributed by atoms with Crippen molar-refractivity contribution in [2.75, 3.05) is 0 Å². The van der Waals surface area contributed by atoms with Crippen LogP contribution in [-0.2, 0) is 11.2 Å². The lowest BCUT2D eigenvalue weighted by molar-refractivity contribution is -0.127. The molecule has 1 aromatic heterocycles. The topological polar surface area (TPSA) is 80.9 Å². The van der Waals surface area contributed by atoms with Gasteiger partial charge in [-0.2, -0.15) is 5.10 Å². The molecular formula is C22H20Cl2N2O4. The summed E-state index contributed by atoms with van der Waals surface area (Å²) in [5.41, 5.74) is 3.82. The Labute approximate surface area is 183 Å². The van der Waals surface area contributed by atoms with Gasteiger partial charge in [0.05, 0.1) is 16.3 Å². The van der Waals surface area contributed by atoms with Gasteiger partial charge >= 0.3 is 5.63 Å². The molecule has 0 aliphatic heterocycles. The fourth-order valence-corrected chi connectivity index (χ4v) is 3.40. The van der Waals surface area contributed by atoms with Gasteiger partial charge in [-0.25, -0.2) is 10.2 Å². The normalized spacial score (nSPS) is 12.3. The Bertz CT molecular complexity index is 1140. The number of carbonyl (C=O) groups is 1. The molecule has 0 bridgehead atoms. The van der Waals surface area contributed by atoms with Crippen LogP contribution in [0.25, 0.3) is 11.0 Å². The van der Waals surface area contributed by atoms with Gasteiger partial charge in [0.15, 0.2) is 6.10 Å². The minimum absolute atomic E-state index is 0.403. The molecule has 0 saturated carbocycles. The number of fused-ring (bicyclic) bond motifs is 1. The Kier molecular flexibility index (Phi) is 7.13. The van der Waals surface area contributed by atoms with Crippen LogP contribution in [0, 0.1) is 0 Å². The standard InChI is InChI=1S/C22H20Cl2N2O4/c1-3-5-14-10-21(27)30-20-11-15(8-9-16(14)20)29-13(2)22(28)26-25-12-17-18(23)6-4-7-19(17)24/h4,6-13H,3,5H2,1-2H3,(H,26,28). The SMILES string of the molecule is CCCc1cc(=O)oc2cc(OC(C)C(=O)NN=Cc3c(Cl)cccc3Cl)ccc12. The Balaban J connectivity index is 1.70. The van der Waals surface area contributed by atoms with Gasteiger partial charge in [0.2, 0.25) is 0 Å². The van der Waals surface area contributed by atoms with Crippen molar-refractivity contribution in [3.63, 3.8) is 0 Å². The summed E-state index contributed by atoms with van der Waals surface area (Å²) in [6.45, 7) is 3.63. The van der Waals surface area contributed by atoms with E-state index in [-0.39, 0.29) is 0 Å². The molecule has 3 rings (SSSR count). The van der Waals surface area contributed by atoms with E-state index in [1.165, 1.54) is 12.3 Å². The zero-order chi connectivity index (χ0) is 21.7. The van der Waals surface area contributed by atoms with E-state index in [0.29, 0.717) is 26.9 Å². The molecule has 0 aliphatic rings. The minimum Gasteiger partial charge on any atom is -0.481 e. The molecule has 156 valence electrons. The number of nitrogens with zero attached hydrogens (tertiary/aromatic N) is 1. The summed E-state index contributed by atoms with van der Waals surface area (Å²) in [7, 11) is 0. The number of nitrogens with one attached hydrogen (secondary N) is 1. The molecule has 1 unspecified atom stereocenters. The van der Waals surface area contributed by atoms with Gasteiger partial charge in [-0.15, -0.1) is 0 Å². The zero-order valence-corrected chi connectivity index (χ0v) is 18.0. The summed E-state index contributed by atoms with van der Waals surface area (Å²) in [4.78, 5) is 24.1. The van der Waals surface area contributed by atoms with Gasteiger partial charge in [-0.1, -0.05) is 42.6 Å². The maximum Gasteiger partial charge on any atom is 0.336 e. The fourth-order valence-electron chi connectivity index (χ4n) is 2.90. The Morgan fingerprint density at radius 3 is 2.67 bits per heavy atom. The van der Waals surface area contributed by atoms with Crippen molar-refractivity contribution in [3.05, 3.63) is 74.1 Å². The summed E-state index contributed by atoms with van der Waals surface area (Å²) in [6, 6.07) is 11.7. The van der Waals surface area contributed by atoms with Gasteiger partial charge in [-0.05, 0) is 43.2 Å². The minimum atomic E-state index is -0.841. The van der Waals surface area contributed by atoms with Crippen molar-refractivity contribution in [1.29, 1.82) is 0 Å². The number of amides is 1. The van der Waals surface area contributed by atoms with E-state index in [4.69, 9.17) is 32.4 Å². The number of rotatable bonds is 7. The third kappa shape index (κ3) is 5.20. The van der Waals surface area contributed by atoms with Crippen LogP contribution in [0.5, 0.6) is 5.75 Å². The Morgan fingerprint density at radius 1 is 1.23 bits per heavy atom. The molecule has 0 spiro atoms. The summed E-state index contributed by atoms with van der Waals surface area (Å²) < 4.78 is 11.0. The van der Waals surface area contributed by atoms with E-state index in [0.717, 1.165) is 23.8 Å². The lowest BCUT2D eigenvalue weighted by atomic mass is 10.1. The lowest BCUT2D eigenvalue weighted by Gasteiger charge is -2.13. The summed E-state index contributed by atoms with van der Waals surface area (Å²) in [5.74, 6) is -0.0595. The van der Waals surface area contributed by atoms with Crippen LogP contribution >= 0.6 is 23.2 Å². The van der Waals surface area contributed by atoms with E-state index < -0.39 is 17.6 Å². The number of carbonyl (C=O) groups excluding carboxylic acids is 1. The average molecular weight is 447 g/mol. The third-order valence-electron chi connectivity index (χ3n) is 4.37. The highest BCUT2D eigenvalue weighted by atomic mass is 35.5. The number of benzene rings is 2. The second kappa shape index (κ2) is 9.78. The first-order valence-corrected chi connectivity index (χ1v) is 10.1. The van der Waals surface area contributed by atoms with Crippen molar-refractivity contribution in [2.45, 2.75) is 32.8 Å². The maximum absolute atomic E-state index is 12.3. The van der Waals surface area contributed by atoms with Crippen LogP contribution < -0.4 is 15.8 Å². The summed E-state index contributed by atoms with van der Waals surface area (Å²) in [5, 5.41) is 5.58. The summed E-state index contributed by atoms with van der Waals surface area (Å²) in [6.07, 6.45) is 2.21. The molecule has 0 saturated heterocycles. The van der Waals surface area contributed by atoms with E-state index >= 15 is 0 Å². The molecule has 30 heavy (non-hydrogen) atoms. The third-order valence-corrected chi connectivity index (χ3v) is 5.03. The van der Waals surface area contributed by atoms with E-state index in [9.17, 15) is 9.59 Å². The molecular weight excluding hydrogens is 427 g/mol. The van der Waals surface area contributed by atoms with Crippen molar-refractivity contribution in [2.24, 2.45) is 5.10 Å². The van der Waals surface area contributed by atoms with Crippen LogP contribution in [-0.4, -0.2) is 18.2 Å². The molecule has 0 fully saturated rings. The molecule has 1 N–H and O–H groups in total. The molecule has 6 nitrogen and oxygen atoms in total. The number of aryl methyl sites for hydroxylation is 1. The number of ether oxygens (including phenoxy) is 1. The van der Waals surface area contributed by atoms with Crippen molar-refractivity contribution >= 4 is 46.3 Å². The van der Waals surface area contributed by atoms with E-state index in [1.807, 2.05) is 13.0 Å². The zero-order valence-electron chi connectivity index (χ0n) is 16.4. The van der Waals surface area contributed by atoms with Gasteiger partial charge in [0.1, 0.15) is 11.3 Å². The van der Waals surface area contributed by atoms with E-state index in [1.54, 1.807) is 37.3 Å². The second-order valence-electron chi connectivity index (χ2n) is 6.63. The number of hydrogen-bond acceptors (Lipinski definition) is 5. The fraction of sp³-hybridized carbons (Fsp3) is 0.227. The van der Waals surface area contributed by atoms with Crippen LogP contribution in [0.1, 0.15) is 31.4 Å². The van der Waals surface area contributed by atoms with Gasteiger partial charge < -0.3 is 9.15 Å². The molecule has 2 aromatic carbocycles. The highest BCUT2D eigenvalue weighted by Gasteiger charge is 2.15. The largest absolute Gasteiger partial charge is 0.481 e. The van der Waals surface area contributed by atoms with Crippen LogP contribution in [0.4, 0.5) is 0 Å². The van der Waals surface area contributed by atoms with Crippen LogP contribution in [0.15, 0.2) is 56.8 Å². The van der Waals surface area contributed by atoms with Crippen LogP contribution in [0.2, 0.25) is 10.0 Å². The Hall–Kier alpha value is -2.83. The predicted octanol–water partition coefficient (Wildman–Crippen LogP) is 4.97. The number of halogens is 2. The predicted molar refractivity (Wildman–Crippen MR) is 119 cm³/mol. The monoisotopic (exact) mass is 446 g/mol. The van der Waals surface area contributed by atoms with Crippen LogP contribution in [0.3, 0.4) is 0 Å². The molecule has 0 radical (unpaired) electrons. The van der Waals surface area contributed by atoms with Gasteiger partial charge in [0.25, 0.3) is 5.91 Å². The quantitative estimate of drug-likeness (QED) is 0.315. The second-order valence-corrected chi connectivity index (χ2v) is 7.44. The average Bonchev–Trinajstić information content (AvgIpc) is 2.70. The lowest BCUT2D eigenvalue weighted by Crippen LogP contribution is -2.33. The highest BCUT2D eigenvalue weighted by Crippen LogP contribution is 2.24. The summed E-state index contributed by atoms with van der Waals surface area (Å²) >= 11 is 12.1.